The lowest BCUT2D eigenvalue weighted by atomic mass is 9.70. The molecular weight excluding hydrogens is 316 g/mol. The van der Waals surface area contributed by atoms with Crippen LogP contribution in [0.3, 0.4) is 0 Å². The second-order valence-corrected chi connectivity index (χ2v) is 8.35. The summed E-state index contributed by atoms with van der Waals surface area (Å²) in [6.07, 6.45) is 7.91. The zero-order valence-electron chi connectivity index (χ0n) is 15.4. The highest BCUT2D eigenvalue weighted by molar-refractivity contribution is 5.87. The molecular formula is C20H30N2O3. The third-order valence-electron chi connectivity index (χ3n) is 6.95. The number of allylic oxidation sites excluding steroid dienone is 1. The SMILES string of the molecule is C/C=C(\C)C(=O)O[C@@H]1CCN2C[C@H]3C[C@H](CN4C(=O)CCC[C@@H]34)[C@H]2C1. The molecule has 4 rings (SSSR count). The fourth-order valence-corrected chi connectivity index (χ4v) is 5.52. The monoisotopic (exact) mass is 346 g/mol. The lowest BCUT2D eigenvalue weighted by Gasteiger charge is -2.57. The van der Waals surface area contributed by atoms with E-state index in [9.17, 15) is 9.59 Å². The third-order valence-corrected chi connectivity index (χ3v) is 6.95. The summed E-state index contributed by atoms with van der Waals surface area (Å²) >= 11 is 0. The van der Waals surface area contributed by atoms with Crippen molar-refractivity contribution in [1.82, 2.24) is 9.80 Å². The Morgan fingerprint density at radius 2 is 1.96 bits per heavy atom. The molecule has 0 aromatic carbocycles. The predicted octanol–water partition coefficient (Wildman–Crippen LogP) is 2.36. The standard InChI is InChI=1S/C20H30N2O3/c1-3-13(2)20(24)25-16-7-8-21-11-14-9-15(18(21)10-16)12-22-17(14)5-4-6-19(22)23/h3,14-18H,4-12H2,1-2H3/b13-3+/t14-,15-,16-,17+,18-/m1/s1. The second-order valence-electron chi connectivity index (χ2n) is 8.35. The summed E-state index contributed by atoms with van der Waals surface area (Å²) in [6.45, 7) is 6.73. The molecule has 4 heterocycles. The average Bonchev–Trinajstić information content (AvgIpc) is 2.62. The number of esters is 1. The first kappa shape index (κ1) is 17.1. The van der Waals surface area contributed by atoms with E-state index in [1.165, 1.54) is 12.8 Å². The van der Waals surface area contributed by atoms with Crippen LogP contribution in [-0.4, -0.2) is 59.5 Å². The van der Waals surface area contributed by atoms with Crippen LogP contribution >= 0.6 is 0 Å². The molecule has 0 aromatic rings. The van der Waals surface area contributed by atoms with Crippen LogP contribution in [0.1, 0.15) is 52.4 Å². The molecule has 1 amide bonds. The first-order valence-electron chi connectivity index (χ1n) is 9.94. The van der Waals surface area contributed by atoms with Crippen LogP contribution in [0.5, 0.6) is 0 Å². The van der Waals surface area contributed by atoms with Crippen LogP contribution in [0.4, 0.5) is 0 Å². The maximum absolute atomic E-state index is 12.4. The van der Waals surface area contributed by atoms with Crippen LogP contribution in [-0.2, 0) is 14.3 Å². The van der Waals surface area contributed by atoms with Gasteiger partial charge in [-0.25, -0.2) is 4.79 Å². The molecule has 0 aliphatic carbocycles. The first-order chi connectivity index (χ1) is 12.1. The Kier molecular flexibility index (Phi) is 4.61. The summed E-state index contributed by atoms with van der Waals surface area (Å²) in [5, 5.41) is 0. The molecule has 0 saturated carbocycles. The minimum atomic E-state index is -0.176. The highest BCUT2D eigenvalue weighted by Gasteiger charge is 2.49. The van der Waals surface area contributed by atoms with E-state index in [1.54, 1.807) is 0 Å². The predicted molar refractivity (Wildman–Crippen MR) is 94.9 cm³/mol. The van der Waals surface area contributed by atoms with E-state index in [2.05, 4.69) is 9.80 Å². The molecule has 4 aliphatic heterocycles. The van der Waals surface area contributed by atoms with Crippen LogP contribution < -0.4 is 0 Å². The van der Waals surface area contributed by atoms with Crippen LogP contribution in [0.25, 0.3) is 0 Å². The van der Waals surface area contributed by atoms with Gasteiger partial charge in [-0.1, -0.05) is 6.08 Å². The van der Waals surface area contributed by atoms with Crippen LogP contribution in [0.2, 0.25) is 0 Å². The Morgan fingerprint density at radius 3 is 2.76 bits per heavy atom. The lowest BCUT2D eigenvalue weighted by Crippen LogP contribution is -2.65. The molecule has 0 radical (unpaired) electrons. The fraction of sp³-hybridized carbons (Fsp3) is 0.800. The van der Waals surface area contributed by atoms with E-state index in [0.29, 0.717) is 35.4 Å². The molecule has 4 aliphatic rings. The highest BCUT2D eigenvalue weighted by Crippen LogP contribution is 2.43. The van der Waals surface area contributed by atoms with Gasteiger partial charge in [0, 0.05) is 50.1 Å². The maximum atomic E-state index is 12.4. The van der Waals surface area contributed by atoms with E-state index >= 15 is 0 Å². The number of rotatable bonds is 2. The van der Waals surface area contributed by atoms with Crippen molar-refractivity contribution in [2.45, 2.75) is 70.6 Å². The van der Waals surface area contributed by atoms with Gasteiger partial charge in [0.1, 0.15) is 6.10 Å². The summed E-state index contributed by atoms with van der Waals surface area (Å²) in [6, 6.07) is 0.940. The van der Waals surface area contributed by atoms with Gasteiger partial charge < -0.3 is 9.64 Å². The van der Waals surface area contributed by atoms with E-state index < -0.39 is 0 Å². The zero-order valence-corrected chi connectivity index (χ0v) is 15.4. The van der Waals surface area contributed by atoms with E-state index in [1.807, 2.05) is 19.9 Å². The van der Waals surface area contributed by atoms with Crippen molar-refractivity contribution in [3.8, 4) is 0 Å². The van der Waals surface area contributed by atoms with Crippen molar-refractivity contribution in [3.63, 3.8) is 0 Å². The van der Waals surface area contributed by atoms with Gasteiger partial charge in [0.15, 0.2) is 0 Å². The molecule has 4 fully saturated rings. The summed E-state index contributed by atoms with van der Waals surface area (Å²) in [4.78, 5) is 29.3. The number of ether oxygens (including phenoxy) is 1. The zero-order chi connectivity index (χ0) is 17.6. The van der Waals surface area contributed by atoms with Crippen molar-refractivity contribution in [1.29, 1.82) is 0 Å². The van der Waals surface area contributed by atoms with Crippen molar-refractivity contribution in [2.75, 3.05) is 19.6 Å². The van der Waals surface area contributed by atoms with Gasteiger partial charge >= 0.3 is 5.97 Å². The quantitative estimate of drug-likeness (QED) is 0.569. The van der Waals surface area contributed by atoms with E-state index in [4.69, 9.17) is 4.74 Å². The number of carbonyl (C=O) groups is 2. The van der Waals surface area contributed by atoms with Gasteiger partial charge in [0.25, 0.3) is 0 Å². The molecule has 5 nitrogen and oxygen atoms in total. The number of fused-ring (bicyclic) bond motifs is 6. The normalized spacial score (nSPS) is 38.8. The van der Waals surface area contributed by atoms with Gasteiger partial charge in [-0.2, -0.15) is 0 Å². The van der Waals surface area contributed by atoms with Crippen molar-refractivity contribution < 1.29 is 14.3 Å². The maximum Gasteiger partial charge on any atom is 0.333 e. The first-order valence-corrected chi connectivity index (χ1v) is 9.94. The lowest BCUT2D eigenvalue weighted by molar-refractivity contribution is -0.156. The highest BCUT2D eigenvalue weighted by atomic mass is 16.5. The molecule has 138 valence electrons. The number of amides is 1. The number of hydrogen-bond donors (Lipinski definition) is 0. The summed E-state index contributed by atoms with van der Waals surface area (Å²) in [5.74, 6) is 1.37. The molecule has 25 heavy (non-hydrogen) atoms. The Labute approximate surface area is 150 Å². The summed E-state index contributed by atoms with van der Waals surface area (Å²) < 4.78 is 5.74. The van der Waals surface area contributed by atoms with Crippen molar-refractivity contribution in [2.24, 2.45) is 11.8 Å². The number of hydrogen-bond acceptors (Lipinski definition) is 4. The number of piperidine rings is 4. The van der Waals surface area contributed by atoms with Gasteiger partial charge in [-0.05, 0) is 51.4 Å². The van der Waals surface area contributed by atoms with Gasteiger partial charge in [-0.3, -0.25) is 9.69 Å². The Balaban J connectivity index is 1.44. The molecule has 5 atom stereocenters. The van der Waals surface area contributed by atoms with Gasteiger partial charge in [-0.15, -0.1) is 0 Å². The number of carbonyl (C=O) groups excluding carboxylic acids is 2. The molecule has 2 bridgehead atoms. The van der Waals surface area contributed by atoms with Crippen LogP contribution in [0, 0.1) is 11.8 Å². The molecule has 0 unspecified atom stereocenters. The van der Waals surface area contributed by atoms with E-state index in [-0.39, 0.29) is 12.1 Å². The Hall–Kier alpha value is -1.36. The van der Waals surface area contributed by atoms with Crippen molar-refractivity contribution >= 4 is 11.9 Å². The summed E-state index contributed by atoms with van der Waals surface area (Å²) in [5.41, 5.74) is 0.686. The minimum absolute atomic E-state index is 0.0231. The molecule has 0 aromatic heterocycles. The third kappa shape index (κ3) is 3.12. The molecule has 0 spiro atoms. The molecule has 5 heteroatoms. The Morgan fingerprint density at radius 1 is 1.16 bits per heavy atom. The summed E-state index contributed by atoms with van der Waals surface area (Å²) in [7, 11) is 0. The smallest absolute Gasteiger partial charge is 0.333 e. The minimum Gasteiger partial charge on any atom is -0.459 e. The topological polar surface area (TPSA) is 49.9 Å². The Bertz CT molecular complexity index is 587. The fourth-order valence-electron chi connectivity index (χ4n) is 5.52. The molecule has 4 saturated heterocycles. The van der Waals surface area contributed by atoms with E-state index in [0.717, 1.165) is 45.3 Å². The average molecular weight is 346 g/mol. The van der Waals surface area contributed by atoms with Gasteiger partial charge in [0.2, 0.25) is 5.91 Å². The van der Waals surface area contributed by atoms with Crippen LogP contribution in [0.15, 0.2) is 11.6 Å². The second kappa shape index (κ2) is 6.75. The number of nitrogens with zero attached hydrogens (tertiary/aromatic N) is 2. The molecule has 0 N–H and O–H groups in total. The van der Waals surface area contributed by atoms with Crippen molar-refractivity contribution in [3.05, 3.63) is 11.6 Å². The largest absolute Gasteiger partial charge is 0.459 e. The van der Waals surface area contributed by atoms with Gasteiger partial charge in [0.05, 0.1) is 0 Å².